The maximum absolute atomic E-state index is 12.6. The van der Waals surface area contributed by atoms with Crippen molar-refractivity contribution in [2.75, 3.05) is 33.2 Å². The molecule has 1 amide bonds. The lowest BCUT2D eigenvalue weighted by molar-refractivity contribution is -0.133. The maximum Gasteiger partial charge on any atom is 0.236 e. The van der Waals surface area contributed by atoms with Gasteiger partial charge in [0.1, 0.15) is 0 Å². The van der Waals surface area contributed by atoms with Crippen LogP contribution >= 0.6 is 0 Å². The highest BCUT2D eigenvalue weighted by atomic mass is 16.2. The Morgan fingerprint density at radius 3 is 2.51 bits per heavy atom. The minimum Gasteiger partial charge on any atom is -0.354 e. The van der Waals surface area contributed by atoms with E-state index >= 15 is 0 Å². The molecule has 35 heavy (non-hydrogen) atoms. The Kier molecular flexibility index (Phi) is 8.75. The topological polar surface area (TPSA) is 63.1 Å². The van der Waals surface area contributed by atoms with Gasteiger partial charge in [-0.1, -0.05) is 49.8 Å². The number of H-pyrrole nitrogens is 1. The Balaban J connectivity index is 1.87. The molecule has 3 rings (SSSR count). The van der Waals surface area contributed by atoms with E-state index in [1.54, 1.807) is 4.90 Å². The minimum absolute atomic E-state index is 0.116. The van der Waals surface area contributed by atoms with E-state index in [0.29, 0.717) is 18.4 Å². The molecule has 0 bridgehead atoms. The second-order valence-electron chi connectivity index (χ2n) is 10.5. The van der Waals surface area contributed by atoms with Gasteiger partial charge in [0.05, 0.1) is 19.2 Å². The minimum atomic E-state index is 0.116. The van der Waals surface area contributed by atoms with Gasteiger partial charge in [-0.05, 0) is 81.3 Å². The number of rotatable bonds is 8. The van der Waals surface area contributed by atoms with Crippen LogP contribution in [0.5, 0.6) is 0 Å². The number of nitrogens with zero attached hydrogens (tertiary/aromatic N) is 3. The standard InChI is InChI=1S/C30H40N4O/c1-20(2)16-25(17-21(3)4)30-29(22(5)6)26-18-24(8-9-27(26)32-30)23-10-13-34(14-11-23)28(35)19-33(7)15-12-31/h8-9,16-18,22-23,32H,1,10-11,13-15,19H2,2-7H3/b25-16+. The average Bonchev–Trinajstić information content (AvgIpc) is 3.17. The van der Waals surface area contributed by atoms with Gasteiger partial charge in [0.25, 0.3) is 0 Å². The van der Waals surface area contributed by atoms with Crippen LogP contribution in [0.3, 0.4) is 0 Å². The number of allylic oxidation sites excluding steroid dienone is 5. The van der Waals surface area contributed by atoms with Crippen LogP contribution in [0.25, 0.3) is 16.5 Å². The molecule has 5 heteroatoms. The van der Waals surface area contributed by atoms with Gasteiger partial charge in [0.15, 0.2) is 0 Å². The number of fused-ring (bicyclic) bond motifs is 1. The number of nitriles is 1. The zero-order chi connectivity index (χ0) is 25.7. The van der Waals surface area contributed by atoms with Crippen LogP contribution in [0, 0.1) is 11.3 Å². The fourth-order valence-corrected chi connectivity index (χ4v) is 5.04. The molecule has 1 saturated heterocycles. The third-order valence-corrected chi connectivity index (χ3v) is 6.64. The first-order valence-electron chi connectivity index (χ1n) is 12.6. The Hall–Kier alpha value is -3.10. The summed E-state index contributed by atoms with van der Waals surface area (Å²) in [5.41, 5.74) is 8.50. The summed E-state index contributed by atoms with van der Waals surface area (Å²) in [6, 6.07) is 8.94. The second kappa shape index (κ2) is 11.6. The molecule has 5 nitrogen and oxygen atoms in total. The highest BCUT2D eigenvalue weighted by Gasteiger charge is 2.25. The fraction of sp³-hybridized carbons (Fsp3) is 0.467. The number of aromatic nitrogens is 1. The molecular weight excluding hydrogens is 432 g/mol. The van der Waals surface area contributed by atoms with Crippen LogP contribution in [0.15, 0.2) is 48.1 Å². The van der Waals surface area contributed by atoms with E-state index in [2.05, 4.69) is 75.7 Å². The molecule has 1 aliphatic rings. The normalized spacial score (nSPS) is 15.1. The summed E-state index contributed by atoms with van der Waals surface area (Å²) in [5, 5.41) is 10.1. The van der Waals surface area contributed by atoms with Gasteiger partial charge in [0, 0.05) is 29.7 Å². The van der Waals surface area contributed by atoms with Crippen molar-refractivity contribution in [3.05, 3.63) is 64.9 Å². The van der Waals surface area contributed by atoms with Gasteiger partial charge >= 0.3 is 0 Å². The average molecular weight is 473 g/mol. The monoisotopic (exact) mass is 472 g/mol. The number of carbonyl (C=O) groups excluding carboxylic acids is 1. The first-order valence-corrected chi connectivity index (χ1v) is 12.6. The van der Waals surface area contributed by atoms with E-state index in [1.807, 2.05) is 18.9 Å². The lowest BCUT2D eigenvalue weighted by atomic mass is 9.87. The summed E-state index contributed by atoms with van der Waals surface area (Å²) in [6.07, 6.45) is 6.32. The zero-order valence-electron chi connectivity index (χ0n) is 22.2. The SMILES string of the molecule is C=C(C)/C=C(\C=C(C)C)c1[nH]c2ccc(C3CCN(C(=O)CN(C)CC#N)CC3)cc2c1C(C)C. The molecule has 1 aliphatic heterocycles. The Labute approximate surface area is 210 Å². The van der Waals surface area contributed by atoms with E-state index in [0.717, 1.165) is 37.0 Å². The summed E-state index contributed by atoms with van der Waals surface area (Å²) in [5.74, 6) is 0.935. The van der Waals surface area contributed by atoms with Crippen LogP contribution in [0.2, 0.25) is 0 Å². The van der Waals surface area contributed by atoms with Gasteiger partial charge in [-0.25, -0.2) is 0 Å². The number of amides is 1. The first kappa shape index (κ1) is 26.5. The fourth-order valence-electron chi connectivity index (χ4n) is 5.04. The number of likely N-dealkylation sites (N-methyl/N-ethyl adjacent to an activating group) is 1. The van der Waals surface area contributed by atoms with Crippen LogP contribution in [0.4, 0.5) is 0 Å². The third kappa shape index (κ3) is 6.52. The summed E-state index contributed by atoms with van der Waals surface area (Å²) < 4.78 is 0. The van der Waals surface area contributed by atoms with Crippen molar-refractivity contribution >= 4 is 22.4 Å². The number of piperidine rings is 1. The number of hydrogen-bond acceptors (Lipinski definition) is 3. The van der Waals surface area contributed by atoms with Crippen molar-refractivity contribution in [3.8, 4) is 6.07 Å². The summed E-state index contributed by atoms with van der Waals surface area (Å²) in [7, 11) is 1.81. The van der Waals surface area contributed by atoms with Crippen LogP contribution in [-0.2, 0) is 4.79 Å². The second-order valence-corrected chi connectivity index (χ2v) is 10.5. The predicted octanol–water partition coefficient (Wildman–Crippen LogP) is 6.38. The molecule has 0 spiro atoms. The Morgan fingerprint density at radius 1 is 1.26 bits per heavy atom. The van der Waals surface area contributed by atoms with E-state index < -0.39 is 0 Å². The molecule has 2 aromatic rings. The summed E-state index contributed by atoms with van der Waals surface area (Å²) >= 11 is 0. The zero-order valence-corrected chi connectivity index (χ0v) is 22.2. The number of carbonyl (C=O) groups is 1. The maximum atomic E-state index is 12.6. The van der Waals surface area contributed by atoms with Gasteiger partial charge < -0.3 is 9.88 Å². The quantitative estimate of drug-likeness (QED) is 0.358. The number of benzene rings is 1. The van der Waals surface area contributed by atoms with Crippen LogP contribution in [-0.4, -0.2) is 53.9 Å². The van der Waals surface area contributed by atoms with E-state index in [4.69, 9.17) is 5.26 Å². The Bertz CT molecular complexity index is 1180. The molecule has 0 atom stereocenters. The number of likely N-dealkylation sites (tertiary alicyclic amines) is 1. The van der Waals surface area contributed by atoms with E-state index in [1.165, 1.54) is 33.4 Å². The molecule has 0 saturated carbocycles. The van der Waals surface area contributed by atoms with Gasteiger partial charge in [-0.3, -0.25) is 9.69 Å². The van der Waals surface area contributed by atoms with Crippen molar-refractivity contribution < 1.29 is 4.79 Å². The summed E-state index contributed by atoms with van der Waals surface area (Å²) in [4.78, 5) is 20.0. The molecule has 2 heterocycles. The van der Waals surface area contributed by atoms with Gasteiger partial charge in [-0.15, -0.1) is 0 Å². The van der Waals surface area contributed by atoms with Crippen LogP contribution in [0.1, 0.15) is 76.1 Å². The van der Waals surface area contributed by atoms with Crippen molar-refractivity contribution in [2.45, 2.75) is 59.3 Å². The van der Waals surface area contributed by atoms with Crippen molar-refractivity contribution in [2.24, 2.45) is 0 Å². The van der Waals surface area contributed by atoms with E-state index in [9.17, 15) is 4.79 Å². The molecular formula is C30H40N4O. The molecule has 1 fully saturated rings. The number of nitrogens with one attached hydrogen (secondary N) is 1. The number of hydrogen-bond donors (Lipinski definition) is 1. The number of aromatic amines is 1. The smallest absolute Gasteiger partial charge is 0.236 e. The van der Waals surface area contributed by atoms with Crippen molar-refractivity contribution in [1.82, 2.24) is 14.8 Å². The van der Waals surface area contributed by atoms with Gasteiger partial charge in [0.2, 0.25) is 5.91 Å². The van der Waals surface area contributed by atoms with E-state index in [-0.39, 0.29) is 12.5 Å². The first-order chi connectivity index (χ1) is 16.6. The highest BCUT2D eigenvalue weighted by molar-refractivity contribution is 5.92. The van der Waals surface area contributed by atoms with Crippen molar-refractivity contribution in [1.29, 1.82) is 5.26 Å². The molecule has 1 aromatic carbocycles. The summed E-state index contributed by atoms with van der Waals surface area (Å²) in [6.45, 7) is 17.0. The molecule has 1 aromatic heterocycles. The molecule has 0 radical (unpaired) electrons. The Morgan fingerprint density at radius 2 is 1.94 bits per heavy atom. The van der Waals surface area contributed by atoms with Gasteiger partial charge in [-0.2, -0.15) is 5.26 Å². The lowest BCUT2D eigenvalue weighted by Crippen LogP contribution is -2.43. The lowest BCUT2D eigenvalue weighted by Gasteiger charge is -2.33. The predicted molar refractivity (Wildman–Crippen MR) is 146 cm³/mol. The molecule has 1 N–H and O–H groups in total. The highest BCUT2D eigenvalue weighted by Crippen LogP contribution is 2.37. The molecule has 0 unspecified atom stereocenters. The third-order valence-electron chi connectivity index (χ3n) is 6.64. The molecule has 0 aliphatic carbocycles. The largest absolute Gasteiger partial charge is 0.354 e. The van der Waals surface area contributed by atoms with Crippen LogP contribution < -0.4 is 0 Å². The van der Waals surface area contributed by atoms with Crippen molar-refractivity contribution in [3.63, 3.8) is 0 Å². The molecule has 186 valence electrons.